The van der Waals surface area contributed by atoms with Crippen LogP contribution in [-0.2, 0) is 0 Å². The molecule has 1 aliphatic rings. The maximum absolute atomic E-state index is 4.04. The van der Waals surface area contributed by atoms with Crippen LogP contribution in [0.5, 0.6) is 0 Å². The summed E-state index contributed by atoms with van der Waals surface area (Å²) in [5, 5.41) is 3.35. The van der Waals surface area contributed by atoms with E-state index in [2.05, 4.69) is 17.2 Å². The highest BCUT2D eigenvalue weighted by atomic mass is 15.0. The Morgan fingerprint density at radius 2 is 2.10 bits per heavy atom. The highest BCUT2D eigenvalue weighted by Crippen LogP contribution is 2.25. The molecule has 0 bridgehead atoms. The first-order valence-electron chi connectivity index (χ1n) is 3.92. The number of hydrogen-bond acceptors (Lipinski definition) is 1. The van der Waals surface area contributed by atoms with Crippen LogP contribution in [0.15, 0.2) is 4.99 Å². The summed E-state index contributed by atoms with van der Waals surface area (Å²) >= 11 is 0. The second-order valence-corrected chi connectivity index (χ2v) is 3.23. The van der Waals surface area contributed by atoms with E-state index in [9.17, 15) is 0 Å². The second-order valence-electron chi connectivity index (χ2n) is 3.23. The molecular weight excluding hydrogens is 124 g/mol. The van der Waals surface area contributed by atoms with Crippen LogP contribution >= 0.6 is 0 Å². The van der Waals surface area contributed by atoms with Gasteiger partial charge in [0.05, 0.1) is 5.84 Å². The molecule has 0 unspecified atom stereocenters. The van der Waals surface area contributed by atoms with E-state index in [-0.39, 0.29) is 0 Å². The maximum atomic E-state index is 4.04. The predicted molar refractivity (Wildman–Crippen MR) is 44.4 cm³/mol. The lowest BCUT2D eigenvalue weighted by Crippen LogP contribution is -2.42. The maximum Gasteiger partial charge on any atom is 0.0930 e. The molecule has 0 aliphatic heterocycles. The zero-order valence-electron chi connectivity index (χ0n) is 7.02. The zero-order valence-corrected chi connectivity index (χ0v) is 7.02. The first kappa shape index (κ1) is 7.58. The van der Waals surface area contributed by atoms with Crippen molar-refractivity contribution in [3.05, 3.63) is 0 Å². The van der Waals surface area contributed by atoms with Crippen LogP contribution in [-0.4, -0.2) is 18.9 Å². The molecule has 0 radical (unpaired) electrons. The van der Waals surface area contributed by atoms with E-state index in [1.54, 1.807) is 0 Å². The Morgan fingerprint density at radius 1 is 1.50 bits per heavy atom. The third-order valence-electron chi connectivity index (χ3n) is 2.12. The monoisotopic (exact) mass is 140 g/mol. The van der Waals surface area contributed by atoms with Crippen molar-refractivity contribution < 1.29 is 0 Å². The number of nitrogens with one attached hydrogen (secondary N) is 1. The molecule has 2 heteroatoms. The van der Waals surface area contributed by atoms with Gasteiger partial charge in [0.1, 0.15) is 0 Å². The first-order chi connectivity index (χ1) is 4.72. The lowest BCUT2D eigenvalue weighted by molar-refractivity contribution is 0.267. The van der Waals surface area contributed by atoms with Crippen LogP contribution < -0.4 is 5.32 Å². The van der Waals surface area contributed by atoms with Gasteiger partial charge in [-0.25, -0.2) is 0 Å². The van der Waals surface area contributed by atoms with Crippen molar-refractivity contribution in [2.24, 2.45) is 10.9 Å². The van der Waals surface area contributed by atoms with E-state index in [0.717, 1.165) is 11.8 Å². The molecule has 1 aliphatic carbocycles. The molecule has 0 spiro atoms. The van der Waals surface area contributed by atoms with Crippen molar-refractivity contribution in [2.45, 2.75) is 32.7 Å². The van der Waals surface area contributed by atoms with Crippen LogP contribution in [0.1, 0.15) is 26.7 Å². The van der Waals surface area contributed by atoms with Crippen LogP contribution in [0, 0.1) is 5.92 Å². The largest absolute Gasteiger partial charge is 0.371 e. The molecule has 58 valence electrons. The van der Waals surface area contributed by atoms with Crippen molar-refractivity contribution in [3.63, 3.8) is 0 Å². The Balaban J connectivity index is 2.16. The molecule has 0 aromatic rings. The molecule has 10 heavy (non-hydrogen) atoms. The zero-order chi connectivity index (χ0) is 7.56. The van der Waals surface area contributed by atoms with E-state index >= 15 is 0 Å². The van der Waals surface area contributed by atoms with E-state index in [4.69, 9.17) is 0 Å². The molecule has 0 atom stereocenters. The Kier molecular flexibility index (Phi) is 2.30. The van der Waals surface area contributed by atoms with Gasteiger partial charge < -0.3 is 5.32 Å². The number of aliphatic imine (C=N–C) groups is 1. The molecule has 0 amide bonds. The number of hydrogen-bond donors (Lipinski definition) is 1. The SMILES string of the molecule is CN=C(C)NC1CC(C)C1. The minimum absolute atomic E-state index is 0.707. The molecule has 0 heterocycles. The van der Waals surface area contributed by atoms with Gasteiger partial charge in [0.15, 0.2) is 0 Å². The first-order valence-corrected chi connectivity index (χ1v) is 3.92. The summed E-state index contributed by atoms with van der Waals surface area (Å²) < 4.78 is 0. The quantitative estimate of drug-likeness (QED) is 0.432. The molecule has 1 fully saturated rings. The molecule has 2 nitrogen and oxygen atoms in total. The summed E-state index contributed by atoms with van der Waals surface area (Å²) in [6.45, 7) is 4.31. The average Bonchev–Trinajstić information content (AvgIpc) is 1.84. The van der Waals surface area contributed by atoms with Gasteiger partial charge in [-0.3, -0.25) is 4.99 Å². The third kappa shape index (κ3) is 1.72. The van der Waals surface area contributed by atoms with Crippen molar-refractivity contribution in [1.29, 1.82) is 0 Å². The van der Waals surface area contributed by atoms with Gasteiger partial charge in [0.2, 0.25) is 0 Å². The van der Waals surface area contributed by atoms with Crippen LogP contribution in [0.2, 0.25) is 0 Å². The number of rotatable bonds is 1. The van der Waals surface area contributed by atoms with Gasteiger partial charge in [-0.2, -0.15) is 0 Å². The summed E-state index contributed by atoms with van der Waals surface area (Å²) in [6, 6.07) is 0.707. The average molecular weight is 140 g/mol. The topological polar surface area (TPSA) is 24.4 Å². The Morgan fingerprint density at radius 3 is 2.50 bits per heavy atom. The smallest absolute Gasteiger partial charge is 0.0930 e. The van der Waals surface area contributed by atoms with E-state index in [1.807, 2.05) is 14.0 Å². The fraction of sp³-hybridized carbons (Fsp3) is 0.875. The van der Waals surface area contributed by atoms with Gasteiger partial charge in [0.25, 0.3) is 0 Å². The summed E-state index contributed by atoms with van der Waals surface area (Å²) in [5.41, 5.74) is 0. The van der Waals surface area contributed by atoms with Crippen LogP contribution in [0.4, 0.5) is 0 Å². The normalized spacial score (nSPS) is 33.3. The Labute approximate surface area is 62.7 Å². The lowest BCUT2D eigenvalue weighted by Gasteiger charge is -2.33. The van der Waals surface area contributed by atoms with Crippen LogP contribution in [0.25, 0.3) is 0 Å². The van der Waals surface area contributed by atoms with Gasteiger partial charge in [-0.1, -0.05) is 6.92 Å². The van der Waals surface area contributed by atoms with Crippen LogP contribution in [0.3, 0.4) is 0 Å². The van der Waals surface area contributed by atoms with Crippen molar-refractivity contribution in [2.75, 3.05) is 7.05 Å². The predicted octanol–water partition coefficient (Wildman–Crippen LogP) is 1.42. The van der Waals surface area contributed by atoms with E-state index < -0.39 is 0 Å². The van der Waals surface area contributed by atoms with Crippen molar-refractivity contribution in [1.82, 2.24) is 5.32 Å². The summed E-state index contributed by atoms with van der Waals surface area (Å²) in [7, 11) is 1.82. The lowest BCUT2D eigenvalue weighted by atomic mass is 9.82. The fourth-order valence-electron chi connectivity index (χ4n) is 1.38. The molecular formula is C8H16N2. The molecule has 1 rings (SSSR count). The minimum atomic E-state index is 0.707. The van der Waals surface area contributed by atoms with E-state index in [0.29, 0.717) is 6.04 Å². The number of amidine groups is 1. The van der Waals surface area contributed by atoms with Gasteiger partial charge in [0, 0.05) is 13.1 Å². The fourth-order valence-corrected chi connectivity index (χ4v) is 1.38. The molecule has 0 saturated heterocycles. The minimum Gasteiger partial charge on any atom is -0.371 e. The summed E-state index contributed by atoms with van der Waals surface area (Å²) in [6.07, 6.45) is 2.62. The molecule has 1 saturated carbocycles. The molecule has 1 N–H and O–H groups in total. The van der Waals surface area contributed by atoms with Gasteiger partial charge in [-0.05, 0) is 25.7 Å². The van der Waals surface area contributed by atoms with E-state index in [1.165, 1.54) is 12.8 Å². The number of nitrogens with zero attached hydrogens (tertiary/aromatic N) is 1. The standard InChI is InChI=1S/C8H16N2/c1-6-4-8(5-6)10-7(2)9-3/h6,8H,4-5H2,1-3H3,(H,9,10). The molecule has 0 aromatic carbocycles. The third-order valence-corrected chi connectivity index (χ3v) is 2.12. The van der Waals surface area contributed by atoms with Gasteiger partial charge >= 0.3 is 0 Å². The Hall–Kier alpha value is -0.530. The van der Waals surface area contributed by atoms with Crippen molar-refractivity contribution in [3.8, 4) is 0 Å². The highest BCUT2D eigenvalue weighted by Gasteiger charge is 2.24. The summed E-state index contributed by atoms with van der Waals surface area (Å²) in [4.78, 5) is 4.04. The van der Waals surface area contributed by atoms with Crippen molar-refractivity contribution >= 4 is 5.84 Å². The summed E-state index contributed by atoms with van der Waals surface area (Å²) in [5.74, 6) is 1.99. The molecule has 0 aromatic heterocycles. The highest BCUT2D eigenvalue weighted by molar-refractivity contribution is 5.79. The Bertz CT molecular complexity index is 134. The second kappa shape index (κ2) is 3.04. The van der Waals surface area contributed by atoms with Gasteiger partial charge in [-0.15, -0.1) is 0 Å².